The highest BCUT2D eigenvalue weighted by Crippen LogP contribution is 2.51. The number of aromatic nitrogens is 4. The van der Waals surface area contributed by atoms with Gasteiger partial charge in [-0.1, -0.05) is 54.6 Å². The molecule has 3 aromatic carbocycles. The summed E-state index contributed by atoms with van der Waals surface area (Å²) in [5.74, 6) is 1.33. The second-order valence-electron chi connectivity index (χ2n) is 14.9. The summed E-state index contributed by atoms with van der Waals surface area (Å²) < 4.78 is 58.9. The Hall–Kier alpha value is -5.27. The predicted molar refractivity (Wildman–Crippen MR) is 227 cm³/mol. The van der Waals surface area contributed by atoms with E-state index >= 15 is 4.39 Å². The van der Waals surface area contributed by atoms with Crippen molar-refractivity contribution in [2.24, 2.45) is 4.99 Å². The summed E-state index contributed by atoms with van der Waals surface area (Å²) in [5, 5.41) is 9.38. The highest BCUT2D eigenvalue weighted by molar-refractivity contribution is 7.44. The van der Waals surface area contributed by atoms with Crippen molar-refractivity contribution >= 4 is 32.0 Å². The molecule has 1 saturated heterocycles. The van der Waals surface area contributed by atoms with E-state index < -0.39 is 44.3 Å². The molecule has 0 aliphatic carbocycles. The number of nitrogens with zero attached hydrogens (tertiary/aromatic N) is 7. The Morgan fingerprint density at radius 3 is 2.13 bits per heavy atom. The molecule has 0 bridgehead atoms. The fraction of sp³-hybridized carbons (Fsp3) is 0.419. The minimum Gasteiger partial charge on any atom is -0.497 e. The van der Waals surface area contributed by atoms with Gasteiger partial charge in [0.05, 0.1) is 52.6 Å². The summed E-state index contributed by atoms with van der Waals surface area (Å²) in [6.07, 6.45) is -2.59. The molecule has 5 aromatic rings. The number of imidazole rings is 1. The SMILES string of the molecule is COc1ccc(C(OC[C@H]2O[C@@H](n3cnc4c(=O)[nH]c(/N=C/N(C)C)nc43)[C@@H](F)[C@@H]2OP(OCCC#N)N(C(C)C)C(C)C)(c2ccccc2)c2ccc(OC)cc2)cc1. The fourth-order valence-electron chi connectivity index (χ4n) is 7.19. The van der Waals surface area contributed by atoms with Crippen molar-refractivity contribution in [3.63, 3.8) is 0 Å². The molecule has 2 aromatic heterocycles. The Labute approximate surface area is 350 Å². The van der Waals surface area contributed by atoms with Crippen LogP contribution >= 0.6 is 8.53 Å². The molecule has 60 heavy (non-hydrogen) atoms. The standard InChI is InChI=1S/C43H52FN8O7P/c1-28(2)52(29(3)4)60(57-24-12-23-45)59-38-35(58-41(36(38)44)51-27-46-37-39(51)48-42(49-40(37)53)47-26-50(5)6)25-56-43(30-13-10-9-11-14-30,31-15-19-33(54-7)20-16-31)32-17-21-34(55-8)22-18-32/h9-11,13-22,26-29,35-36,38,41H,12,24-25H2,1-8H3,(H,48,49,53)/b47-26+/t35-,36+,38-,41-,60?/m1/s1. The smallest absolute Gasteiger partial charge is 0.280 e. The highest BCUT2D eigenvalue weighted by Gasteiger charge is 2.51. The number of ether oxygens (including phenoxy) is 4. The number of halogens is 1. The molecule has 3 heterocycles. The van der Waals surface area contributed by atoms with E-state index in [9.17, 15) is 10.1 Å². The van der Waals surface area contributed by atoms with Gasteiger partial charge in [-0.25, -0.2) is 19.0 Å². The zero-order valence-electron chi connectivity index (χ0n) is 35.1. The van der Waals surface area contributed by atoms with E-state index in [1.807, 2.05) is 111 Å². The Kier molecular flexibility index (Phi) is 14.7. The van der Waals surface area contributed by atoms with Gasteiger partial charge in [0.25, 0.3) is 14.1 Å². The van der Waals surface area contributed by atoms with Crippen LogP contribution in [0, 0.1) is 11.3 Å². The van der Waals surface area contributed by atoms with Gasteiger partial charge in [0.2, 0.25) is 5.95 Å². The second kappa shape index (κ2) is 19.9. The number of aliphatic imine (C=N–C) groups is 1. The monoisotopic (exact) mass is 842 g/mol. The molecule has 6 rings (SSSR count). The van der Waals surface area contributed by atoms with E-state index in [0.29, 0.717) is 11.5 Å². The van der Waals surface area contributed by atoms with Crippen LogP contribution < -0.4 is 15.0 Å². The van der Waals surface area contributed by atoms with Crippen LogP contribution in [0.1, 0.15) is 57.0 Å². The van der Waals surface area contributed by atoms with Gasteiger partial charge in [0, 0.05) is 26.2 Å². The molecule has 1 fully saturated rings. The first kappa shape index (κ1) is 44.3. The number of rotatable bonds is 19. The highest BCUT2D eigenvalue weighted by atomic mass is 31.2. The molecule has 17 heteroatoms. The summed E-state index contributed by atoms with van der Waals surface area (Å²) in [7, 11) is 4.83. The normalized spacial score (nSPS) is 18.8. The zero-order valence-corrected chi connectivity index (χ0v) is 36.0. The number of hydrogen-bond acceptors (Lipinski definition) is 12. The number of hydrogen-bond donors (Lipinski definition) is 1. The molecule has 0 saturated carbocycles. The van der Waals surface area contributed by atoms with Gasteiger partial charge in [-0.2, -0.15) is 10.2 Å². The van der Waals surface area contributed by atoms with E-state index in [0.717, 1.165) is 16.7 Å². The lowest BCUT2D eigenvalue weighted by Gasteiger charge is -2.39. The third-order valence-electron chi connectivity index (χ3n) is 9.88. The molecule has 318 valence electrons. The number of alkyl halides is 1. The van der Waals surface area contributed by atoms with Gasteiger partial charge < -0.3 is 32.9 Å². The zero-order chi connectivity index (χ0) is 43.0. The van der Waals surface area contributed by atoms with Crippen molar-refractivity contribution in [2.75, 3.05) is 41.5 Å². The Morgan fingerprint density at radius 2 is 1.58 bits per heavy atom. The number of nitriles is 1. The second-order valence-corrected chi connectivity index (χ2v) is 16.3. The van der Waals surface area contributed by atoms with Crippen LogP contribution in [0.2, 0.25) is 0 Å². The number of benzene rings is 3. The largest absolute Gasteiger partial charge is 0.497 e. The van der Waals surface area contributed by atoms with Crippen LogP contribution in [0.25, 0.3) is 11.2 Å². The summed E-state index contributed by atoms with van der Waals surface area (Å²) in [6, 6.07) is 26.9. The summed E-state index contributed by atoms with van der Waals surface area (Å²) in [4.78, 5) is 30.6. The van der Waals surface area contributed by atoms with Crippen molar-refractivity contribution in [2.45, 2.75) is 76.4 Å². The molecule has 1 aliphatic heterocycles. The van der Waals surface area contributed by atoms with Crippen LogP contribution in [0.15, 0.2) is 95.0 Å². The Balaban J connectivity index is 1.48. The number of fused-ring (bicyclic) bond motifs is 1. The lowest BCUT2D eigenvalue weighted by atomic mass is 9.80. The van der Waals surface area contributed by atoms with Crippen LogP contribution in [0.3, 0.4) is 0 Å². The minimum absolute atomic E-state index is 0.00888. The number of aromatic amines is 1. The molecule has 0 spiro atoms. The van der Waals surface area contributed by atoms with Gasteiger partial charge in [-0.05, 0) is 68.7 Å². The molecule has 0 amide bonds. The van der Waals surface area contributed by atoms with Crippen molar-refractivity contribution in [1.29, 1.82) is 5.26 Å². The molecular weight excluding hydrogens is 790 g/mol. The fourth-order valence-corrected chi connectivity index (χ4v) is 8.96. The lowest BCUT2D eigenvalue weighted by Crippen LogP contribution is -2.41. The molecule has 5 atom stereocenters. The number of H-pyrrole nitrogens is 1. The molecule has 1 aliphatic rings. The van der Waals surface area contributed by atoms with E-state index in [1.165, 1.54) is 17.2 Å². The average Bonchev–Trinajstić information content (AvgIpc) is 3.81. The number of methoxy groups -OCH3 is 2. The van der Waals surface area contributed by atoms with Crippen LogP contribution in [-0.2, 0) is 24.1 Å². The Bertz CT molecular complexity index is 2230. The maximum absolute atomic E-state index is 17.6. The van der Waals surface area contributed by atoms with E-state index in [1.54, 1.807) is 33.2 Å². The average molecular weight is 843 g/mol. The molecule has 0 radical (unpaired) electrons. The van der Waals surface area contributed by atoms with Gasteiger partial charge >= 0.3 is 0 Å². The third-order valence-corrected chi connectivity index (χ3v) is 12.0. The van der Waals surface area contributed by atoms with Crippen molar-refractivity contribution in [3.05, 3.63) is 112 Å². The first-order valence-electron chi connectivity index (χ1n) is 19.6. The summed E-state index contributed by atoms with van der Waals surface area (Å²) in [5.41, 5.74) is 0.595. The molecule has 15 nitrogen and oxygen atoms in total. The van der Waals surface area contributed by atoms with Crippen LogP contribution in [-0.4, -0.2) is 107 Å². The topological polar surface area (TPSA) is 162 Å². The maximum Gasteiger partial charge on any atom is 0.280 e. The van der Waals surface area contributed by atoms with Gasteiger partial charge in [0.1, 0.15) is 29.3 Å². The van der Waals surface area contributed by atoms with Gasteiger partial charge in [-0.3, -0.25) is 14.3 Å². The van der Waals surface area contributed by atoms with Gasteiger partial charge in [-0.15, -0.1) is 0 Å². The van der Waals surface area contributed by atoms with E-state index in [4.69, 9.17) is 28.0 Å². The quantitative estimate of drug-likeness (QED) is 0.0292. The Morgan fingerprint density at radius 1 is 0.983 bits per heavy atom. The van der Waals surface area contributed by atoms with E-state index in [-0.39, 0.29) is 48.8 Å². The predicted octanol–water partition coefficient (Wildman–Crippen LogP) is 7.26. The summed E-state index contributed by atoms with van der Waals surface area (Å²) >= 11 is 0. The first-order chi connectivity index (χ1) is 28.9. The van der Waals surface area contributed by atoms with Crippen molar-refractivity contribution in [3.8, 4) is 17.6 Å². The van der Waals surface area contributed by atoms with Crippen LogP contribution in [0.4, 0.5) is 10.3 Å². The van der Waals surface area contributed by atoms with Crippen molar-refractivity contribution in [1.82, 2.24) is 29.1 Å². The number of nitrogens with one attached hydrogen (secondary N) is 1. The molecule has 1 N–H and O–H groups in total. The third kappa shape index (κ3) is 9.52. The minimum atomic E-state index is -1.93. The molecular formula is C43H52FN8O7P. The van der Waals surface area contributed by atoms with Crippen LogP contribution in [0.5, 0.6) is 11.5 Å². The first-order valence-corrected chi connectivity index (χ1v) is 20.7. The van der Waals surface area contributed by atoms with Crippen molar-refractivity contribution < 1.29 is 32.4 Å². The van der Waals surface area contributed by atoms with E-state index in [2.05, 4.69) is 26.0 Å². The molecule has 1 unspecified atom stereocenters. The van der Waals surface area contributed by atoms with Gasteiger partial charge in [0.15, 0.2) is 23.6 Å². The maximum atomic E-state index is 17.6. The summed E-state index contributed by atoms with van der Waals surface area (Å²) in [6.45, 7) is 7.91. The lowest BCUT2D eigenvalue weighted by molar-refractivity contribution is -0.0919.